The van der Waals surface area contributed by atoms with E-state index in [4.69, 9.17) is 35.4 Å². The lowest BCUT2D eigenvalue weighted by atomic mass is 10.1. The van der Waals surface area contributed by atoms with Crippen molar-refractivity contribution in [2.24, 2.45) is 0 Å². The summed E-state index contributed by atoms with van der Waals surface area (Å²) in [5, 5.41) is 8.50. The Kier molecular flexibility index (Phi) is 7.41. The first kappa shape index (κ1) is 21.2. The van der Waals surface area contributed by atoms with Crippen LogP contribution in [0.25, 0.3) is 0 Å². The molecule has 7 heteroatoms. The number of rotatable bonds is 5. The molecule has 1 heterocycles. The van der Waals surface area contributed by atoms with Crippen molar-refractivity contribution in [3.8, 4) is 0 Å². The van der Waals surface area contributed by atoms with Gasteiger partial charge in [0.15, 0.2) is 5.11 Å². The van der Waals surface area contributed by atoms with Crippen LogP contribution in [0.15, 0.2) is 36.4 Å². The molecule has 150 valence electrons. The van der Waals surface area contributed by atoms with Gasteiger partial charge in [0, 0.05) is 50.0 Å². The summed E-state index contributed by atoms with van der Waals surface area (Å²) < 4.78 is 0. The molecule has 0 saturated carbocycles. The van der Waals surface area contributed by atoms with Gasteiger partial charge in [-0.1, -0.05) is 35.3 Å². The molecule has 0 amide bonds. The van der Waals surface area contributed by atoms with Gasteiger partial charge in [-0.05, 0) is 61.5 Å². The zero-order valence-electron chi connectivity index (χ0n) is 16.3. The van der Waals surface area contributed by atoms with Gasteiger partial charge in [-0.25, -0.2) is 0 Å². The number of nitrogens with zero attached hydrogens (tertiary/aromatic N) is 2. The second-order valence-corrected chi connectivity index (χ2v) is 8.38. The van der Waals surface area contributed by atoms with Gasteiger partial charge < -0.3 is 15.5 Å². The number of aryl methyl sites for hydroxylation is 2. The van der Waals surface area contributed by atoms with Crippen LogP contribution in [0.1, 0.15) is 11.1 Å². The smallest absolute Gasteiger partial charge is 0.170 e. The Labute approximate surface area is 182 Å². The van der Waals surface area contributed by atoms with E-state index in [1.165, 1.54) is 11.3 Å². The van der Waals surface area contributed by atoms with Crippen molar-refractivity contribution in [1.82, 2.24) is 10.2 Å². The van der Waals surface area contributed by atoms with Gasteiger partial charge in [0.2, 0.25) is 0 Å². The third kappa shape index (κ3) is 5.74. The van der Waals surface area contributed by atoms with Crippen molar-refractivity contribution in [2.75, 3.05) is 49.5 Å². The molecule has 1 saturated heterocycles. The van der Waals surface area contributed by atoms with E-state index in [0.717, 1.165) is 55.5 Å². The van der Waals surface area contributed by atoms with Gasteiger partial charge in [0.05, 0.1) is 10.7 Å². The van der Waals surface area contributed by atoms with E-state index in [1.54, 1.807) is 0 Å². The quantitative estimate of drug-likeness (QED) is 0.662. The van der Waals surface area contributed by atoms with E-state index in [0.29, 0.717) is 10.1 Å². The minimum absolute atomic E-state index is 0.596. The molecule has 1 fully saturated rings. The second-order valence-electron chi connectivity index (χ2n) is 7.12. The zero-order valence-corrected chi connectivity index (χ0v) is 18.6. The average molecular weight is 437 g/mol. The molecular weight excluding hydrogens is 411 g/mol. The largest absolute Gasteiger partial charge is 0.369 e. The molecule has 3 rings (SSSR count). The Morgan fingerprint density at radius 2 is 1.79 bits per heavy atom. The van der Waals surface area contributed by atoms with Gasteiger partial charge >= 0.3 is 0 Å². The first-order valence-corrected chi connectivity index (χ1v) is 10.6. The highest BCUT2D eigenvalue weighted by molar-refractivity contribution is 7.80. The summed E-state index contributed by atoms with van der Waals surface area (Å²) in [4.78, 5) is 4.86. The van der Waals surface area contributed by atoms with Gasteiger partial charge in [0.1, 0.15) is 0 Å². The van der Waals surface area contributed by atoms with Crippen molar-refractivity contribution in [1.29, 1.82) is 0 Å². The van der Waals surface area contributed by atoms with Gasteiger partial charge in [-0.3, -0.25) is 4.90 Å². The lowest BCUT2D eigenvalue weighted by molar-refractivity contribution is 0.262. The van der Waals surface area contributed by atoms with Crippen LogP contribution < -0.4 is 15.5 Å². The third-order valence-corrected chi connectivity index (χ3v) is 5.76. The summed E-state index contributed by atoms with van der Waals surface area (Å²) in [5.41, 5.74) is 4.47. The van der Waals surface area contributed by atoms with Crippen LogP contribution in [0.3, 0.4) is 0 Å². The van der Waals surface area contributed by atoms with Crippen molar-refractivity contribution < 1.29 is 0 Å². The number of benzene rings is 2. The van der Waals surface area contributed by atoms with Crippen LogP contribution in [-0.2, 0) is 0 Å². The molecule has 4 nitrogen and oxygen atoms in total. The van der Waals surface area contributed by atoms with Gasteiger partial charge in [0.25, 0.3) is 0 Å². The highest BCUT2D eigenvalue weighted by Gasteiger charge is 2.18. The maximum Gasteiger partial charge on any atom is 0.170 e. The molecule has 1 aliphatic rings. The van der Waals surface area contributed by atoms with Crippen LogP contribution in [0, 0.1) is 13.8 Å². The van der Waals surface area contributed by atoms with Crippen molar-refractivity contribution in [2.45, 2.75) is 13.8 Å². The van der Waals surface area contributed by atoms with E-state index in [-0.39, 0.29) is 0 Å². The zero-order chi connectivity index (χ0) is 20.1. The maximum absolute atomic E-state index is 6.24. The molecule has 1 aliphatic heterocycles. The summed E-state index contributed by atoms with van der Waals surface area (Å²) in [6.07, 6.45) is 0. The fourth-order valence-corrected chi connectivity index (χ4v) is 4.01. The Hall–Kier alpha value is -1.53. The normalized spacial score (nSPS) is 14.8. The molecular formula is C21H26Cl2N4S. The number of nitrogens with one attached hydrogen (secondary N) is 2. The fraction of sp³-hybridized carbons (Fsp3) is 0.381. The summed E-state index contributed by atoms with van der Waals surface area (Å²) in [5.74, 6) is 0. The predicted octanol–water partition coefficient (Wildman–Crippen LogP) is 4.72. The van der Waals surface area contributed by atoms with Crippen molar-refractivity contribution in [3.63, 3.8) is 0 Å². The monoisotopic (exact) mass is 436 g/mol. The Balaban J connectivity index is 1.40. The topological polar surface area (TPSA) is 30.5 Å². The molecule has 0 aromatic heterocycles. The van der Waals surface area contributed by atoms with E-state index in [2.05, 4.69) is 39.5 Å². The highest BCUT2D eigenvalue weighted by Crippen LogP contribution is 2.25. The van der Waals surface area contributed by atoms with Crippen LogP contribution in [0.4, 0.5) is 11.4 Å². The summed E-state index contributed by atoms with van der Waals surface area (Å²) >= 11 is 17.8. The minimum Gasteiger partial charge on any atom is -0.369 e. The average Bonchev–Trinajstić information content (AvgIpc) is 2.67. The molecule has 2 N–H and O–H groups in total. The van der Waals surface area contributed by atoms with Crippen LogP contribution >= 0.6 is 35.4 Å². The lowest BCUT2D eigenvalue weighted by Crippen LogP contribution is -2.48. The molecule has 2 aromatic rings. The van der Waals surface area contributed by atoms with Gasteiger partial charge in [-0.15, -0.1) is 0 Å². The number of hydrogen-bond donors (Lipinski definition) is 2. The summed E-state index contributed by atoms with van der Waals surface area (Å²) in [7, 11) is 0. The number of hydrogen-bond acceptors (Lipinski definition) is 3. The van der Waals surface area contributed by atoms with E-state index >= 15 is 0 Å². The standard InChI is InChI=1S/C21H26Cl2N4S/c1-15-3-6-19(18(23)13-15)25-21(28)24-7-8-26-9-11-27(12-10-26)20-14-17(22)5-4-16(20)2/h3-6,13-14H,7-12H2,1-2H3,(H2,24,25,28). The fourth-order valence-electron chi connectivity index (χ4n) is 3.35. The van der Waals surface area contributed by atoms with E-state index in [9.17, 15) is 0 Å². The summed E-state index contributed by atoms with van der Waals surface area (Å²) in [6, 6.07) is 12.0. The first-order valence-electron chi connectivity index (χ1n) is 9.47. The maximum atomic E-state index is 6.24. The van der Waals surface area contributed by atoms with E-state index < -0.39 is 0 Å². The number of piperazine rings is 1. The van der Waals surface area contributed by atoms with Crippen molar-refractivity contribution >= 4 is 51.9 Å². The number of thiocarbonyl (C=S) groups is 1. The Morgan fingerprint density at radius 1 is 1.04 bits per heavy atom. The molecule has 0 spiro atoms. The Morgan fingerprint density at radius 3 is 2.50 bits per heavy atom. The molecule has 0 unspecified atom stereocenters. The minimum atomic E-state index is 0.596. The number of halogens is 2. The molecule has 0 bridgehead atoms. The number of anilines is 2. The van der Waals surface area contributed by atoms with Crippen LogP contribution in [0.5, 0.6) is 0 Å². The summed E-state index contributed by atoms with van der Waals surface area (Å²) in [6.45, 7) is 9.95. The highest BCUT2D eigenvalue weighted by atomic mass is 35.5. The molecule has 0 aliphatic carbocycles. The first-order chi connectivity index (χ1) is 13.4. The Bertz CT molecular complexity index is 835. The second kappa shape index (κ2) is 9.79. The molecule has 0 atom stereocenters. The van der Waals surface area contributed by atoms with Crippen LogP contribution in [0.2, 0.25) is 10.0 Å². The molecule has 0 radical (unpaired) electrons. The SMILES string of the molecule is Cc1ccc(NC(=S)NCCN2CCN(c3cc(Cl)ccc3C)CC2)c(Cl)c1. The predicted molar refractivity (Wildman–Crippen MR) is 125 cm³/mol. The van der Waals surface area contributed by atoms with Crippen molar-refractivity contribution in [3.05, 3.63) is 57.6 Å². The van der Waals surface area contributed by atoms with E-state index in [1.807, 2.05) is 31.2 Å². The lowest BCUT2D eigenvalue weighted by Gasteiger charge is -2.37. The molecule has 28 heavy (non-hydrogen) atoms. The van der Waals surface area contributed by atoms with Gasteiger partial charge in [-0.2, -0.15) is 0 Å². The molecule has 2 aromatic carbocycles. The van der Waals surface area contributed by atoms with Crippen LogP contribution in [-0.4, -0.2) is 49.3 Å². The third-order valence-electron chi connectivity index (χ3n) is 4.97.